The Morgan fingerprint density at radius 3 is 2.55 bits per heavy atom. The van der Waals surface area contributed by atoms with Gasteiger partial charge in [-0.3, -0.25) is 0 Å². The van der Waals surface area contributed by atoms with Gasteiger partial charge in [0, 0.05) is 12.1 Å². The van der Waals surface area contributed by atoms with Crippen LogP contribution in [0.5, 0.6) is 5.75 Å². The fraction of sp³-hybridized carbons (Fsp3) is 0.571. The normalized spacial score (nSPS) is 14.1. The number of β-amino-alcohol motifs (C(OH)–C–C–N with tert-alkyl or cyclic N) is 1. The van der Waals surface area contributed by atoms with E-state index in [-0.39, 0.29) is 22.7 Å². The largest absolute Gasteiger partial charge is 0.497 e. The zero-order valence-electron chi connectivity index (χ0n) is 12.4. The highest BCUT2D eigenvalue weighted by Gasteiger charge is 2.21. The molecule has 0 amide bonds. The van der Waals surface area contributed by atoms with Crippen molar-refractivity contribution in [3.63, 3.8) is 0 Å². The first kappa shape index (κ1) is 16.9. The summed E-state index contributed by atoms with van der Waals surface area (Å²) in [4.78, 5) is 0.159. The van der Waals surface area contributed by atoms with Gasteiger partial charge in [-0.05, 0) is 39.0 Å². The number of nitrogens with one attached hydrogen (secondary N) is 1. The second-order valence-corrected chi connectivity index (χ2v) is 7.78. The summed E-state index contributed by atoms with van der Waals surface area (Å²) in [5.74, 6) is 0.164. The molecular weight excluding hydrogens is 278 g/mol. The molecule has 20 heavy (non-hydrogen) atoms. The maximum absolute atomic E-state index is 12.2. The van der Waals surface area contributed by atoms with E-state index in [4.69, 9.17) is 4.74 Å². The predicted molar refractivity (Wildman–Crippen MR) is 78.8 cm³/mol. The van der Waals surface area contributed by atoms with Crippen molar-refractivity contribution < 1.29 is 18.3 Å². The molecule has 0 saturated heterocycles. The zero-order valence-corrected chi connectivity index (χ0v) is 13.2. The Labute approximate surface area is 120 Å². The standard InChI is InChI=1S/C14H23NO4S/c1-14(2,3)15-9-11(16)10-20(17,18)13-7-5-6-12(8-13)19-4/h5-8,11,15-16H,9-10H2,1-4H3. The first-order valence-corrected chi connectivity index (χ1v) is 8.09. The SMILES string of the molecule is COc1cccc(S(=O)(=O)CC(O)CNC(C)(C)C)c1. The van der Waals surface area contributed by atoms with Gasteiger partial charge < -0.3 is 15.2 Å². The van der Waals surface area contributed by atoms with E-state index in [1.807, 2.05) is 20.8 Å². The van der Waals surface area contributed by atoms with Crippen LogP contribution in [-0.2, 0) is 9.84 Å². The molecule has 0 aliphatic heterocycles. The van der Waals surface area contributed by atoms with Crippen molar-refractivity contribution in [2.24, 2.45) is 0 Å². The Balaban J connectivity index is 2.74. The number of ether oxygens (including phenoxy) is 1. The van der Waals surface area contributed by atoms with E-state index < -0.39 is 15.9 Å². The van der Waals surface area contributed by atoms with Gasteiger partial charge in [-0.2, -0.15) is 0 Å². The van der Waals surface area contributed by atoms with Crippen molar-refractivity contribution in [2.75, 3.05) is 19.4 Å². The van der Waals surface area contributed by atoms with E-state index in [0.29, 0.717) is 5.75 Å². The second kappa shape index (κ2) is 6.56. The number of sulfone groups is 1. The Hall–Kier alpha value is -1.11. The van der Waals surface area contributed by atoms with Crippen molar-refractivity contribution in [3.05, 3.63) is 24.3 Å². The van der Waals surface area contributed by atoms with Gasteiger partial charge in [-0.15, -0.1) is 0 Å². The van der Waals surface area contributed by atoms with Crippen molar-refractivity contribution in [1.82, 2.24) is 5.32 Å². The third-order valence-electron chi connectivity index (χ3n) is 2.68. The van der Waals surface area contributed by atoms with Crippen LogP contribution in [0, 0.1) is 0 Å². The van der Waals surface area contributed by atoms with Gasteiger partial charge in [0.15, 0.2) is 9.84 Å². The van der Waals surface area contributed by atoms with E-state index in [1.54, 1.807) is 12.1 Å². The van der Waals surface area contributed by atoms with Gasteiger partial charge in [0.05, 0.1) is 23.9 Å². The first-order chi connectivity index (χ1) is 9.14. The summed E-state index contributed by atoms with van der Waals surface area (Å²) in [7, 11) is -2.05. The van der Waals surface area contributed by atoms with Crippen molar-refractivity contribution >= 4 is 9.84 Å². The molecule has 1 aromatic carbocycles. The highest BCUT2D eigenvalue weighted by atomic mass is 32.2. The van der Waals surface area contributed by atoms with Crippen LogP contribution in [-0.4, -0.2) is 44.6 Å². The lowest BCUT2D eigenvalue weighted by Crippen LogP contribution is -2.42. The molecule has 0 spiro atoms. The molecule has 1 rings (SSSR count). The highest BCUT2D eigenvalue weighted by Crippen LogP contribution is 2.18. The van der Waals surface area contributed by atoms with E-state index in [1.165, 1.54) is 19.2 Å². The fourth-order valence-electron chi connectivity index (χ4n) is 1.63. The smallest absolute Gasteiger partial charge is 0.181 e. The van der Waals surface area contributed by atoms with Crippen LogP contribution in [0.25, 0.3) is 0 Å². The molecule has 6 heteroatoms. The van der Waals surface area contributed by atoms with Crippen LogP contribution in [0.15, 0.2) is 29.2 Å². The number of aliphatic hydroxyl groups is 1. The average Bonchev–Trinajstić information content (AvgIpc) is 2.35. The van der Waals surface area contributed by atoms with Crippen molar-refractivity contribution in [2.45, 2.75) is 37.3 Å². The van der Waals surface area contributed by atoms with Crippen molar-refractivity contribution in [3.8, 4) is 5.75 Å². The lowest BCUT2D eigenvalue weighted by molar-refractivity contribution is 0.181. The molecule has 5 nitrogen and oxygen atoms in total. The molecule has 0 bridgehead atoms. The number of rotatable bonds is 6. The van der Waals surface area contributed by atoms with E-state index in [2.05, 4.69) is 5.32 Å². The Morgan fingerprint density at radius 2 is 2.00 bits per heavy atom. The van der Waals surface area contributed by atoms with Gasteiger partial charge >= 0.3 is 0 Å². The number of methoxy groups -OCH3 is 1. The maximum atomic E-state index is 12.2. The molecule has 0 aliphatic rings. The first-order valence-electron chi connectivity index (χ1n) is 6.44. The third kappa shape index (κ3) is 5.48. The summed E-state index contributed by atoms with van der Waals surface area (Å²) in [6.45, 7) is 6.09. The van der Waals surface area contributed by atoms with E-state index >= 15 is 0 Å². The fourth-order valence-corrected chi connectivity index (χ4v) is 3.03. The molecule has 0 fully saturated rings. The number of hydrogen-bond donors (Lipinski definition) is 2. The average molecular weight is 301 g/mol. The van der Waals surface area contributed by atoms with E-state index in [9.17, 15) is 13.5 Å². The Kier molecular flexibility index (Phi) is 5.56. The second-order valence-electron chi connectivity index (χ2n) is 5.75. The summed E-state index contributed by atoms with van der Waals surface area (Å²) in [5, 5.41) is 12.9. The third-order valence-corrected chi connectivity index (χ3v) is 4.48. The molecule has 1 aromatic rings. The molecule has 114 valence electrons. The van der Waals surface area contributed by atoms with Gasteiger partial charge in [0.1, 0.15) is 5.75 Å². The minimum absolute atomic E-state index is 0.159. The maximum Gasteiger partial charge on any atom is 0.181 e. The quantitative estimate of drug-likeness (QED) is 0.826. The monoisotopic (exact) mass is 301 g/mol. The molecule has 0 radical (unpaired) electrons. The summed E-state index contributed by atoms with van der Waals surface area (Å²) >= 11 is 0. The number of hydrogen-bond acceptors (Lipinski definition) is 5. The van der Waals surface area contributed by atoms with Gasteiger partial charge in [-0.1, -0.05) is 6.07 Å². The van der Waals surface area contributed by atoms with Crippen LogP contribution in [0.3, 0.4) is 0 Å². The molecule has 0 aliphatic carbocycles. The molecule has 1 unspecified atom stereocenters. The molecular formula is C14H23NO4S. The zero-order chi connectivity index (χ0) is 15.4. The molecule has 1 atom stereocenters. The summed E-state index contributed by atoms with van der Waals surface area (Å²) in [6, 6.07) is 6.25. The van der Waals surface area contributed by atoms with Gasteiger partial charge in [0.2, 0.25) is 0 Å². The van der Waals surface area contributed by atoms with Crippen LogP contribution < -0.4 is 10.1 Å². The highest BCUT2D eigenvalue weighted by molar-refractivity contribution is 7.91. The lowest BCUT2D eigenvalue weighted by Gasteiger charge is -2.22. The lowest BCUT2D eigenvalue weighted by atomic mass is 10.1. The van der Waals surface area contributed by atoms with Crippen LogP contribution in [0.1, 0.15) is 20.8 Å². The topological polar surface area (TPSA) is 75.6 Å². The minimum atomic E-state index is -3.53. The Bertz CT molecular complexity index is 534. The number of aliphatic hydroxyl groups excluding tert-OH is 1. The molecule has 0 aromatic heterocycles. The van der Waals surface area contributed by atoms with Crippen LogP contribution in [0.4, 0.5) is 0 Å². The van der Waals surface area contributed by atoms with Gasteiger partial charge in [-0.25, -0.2) is 8.42 Å². The van der Waals surface area contributed by atoms with Crippen LogP contribution >= 0.6 is 0 Å². The minimum Gasteiger partial charge on any atom is -0.497 e. The molecule has 0 heterocycles. The predicted octanol–water partition coefficient (Wildman–Crippen LogP) is 1.22. The number of benzene rings is 1. The van der Waals surface area contributed by atoms with Crippen molar-refractivity contribution in [1.29, 1.82) is 0 Å². The van der Waals surface area contributed by atoms with Crippen LogP contribution in [0.2, 0.25) is 0 Å². The molecule has 0 saturated carbocycles. The summed E-state index contributed by atoms with van der Waals surface area (Å²) < 4.78 is 29.4. The summed E-state index contributed by atoms with van der Waals surface area (Å²) in [6.07, 6.45) is -0.953. The molecule has 2 N–H and O–H groups in total. The van der Waals surface area contributed by atoms with Gasteiger partial charge in [0.25, 0.3) is 0 Å². The Morgan fingerprint density at radius 1 is 1.35 bits per heavy atom. The van der Waals surface area contributed by atoms with E-state index in [0.717, 1.165) is 0 Å². The summed E-state index contributed by atoms with van der Waals surface area (Å²) in [5.41, 5.74) is -0.166.